The van der Waals surface area contributed by atoms with E-state index in [1.807, 2.05) is 0 Å². The lowest BCUT2D eigenvalue weighted by Crippen LogP contribution is -2.11. The van der Waals surface area contributed by atoms with Gasteiger partial charge in [-0.25, -0.2) is 4.98 Å². The Kier molecular flexibility index (Phi) is 5.90. The molecule has 1 heterocycles. The summed E-state index contributed by atoms with van der Waals surface area (Å²) in [5.41, 5.74) is 1.62. The van der Waals surface area contributed by atoms with E-state index in [2.05, 4.69) is 15.6 Å². The summed E-state index contributed by atoms with van der Waals surface area (Å²) in [7, 11) is 3.12. The van der Waals surface area contributed by atoms with Crippen LogP contribution in [-0.4, -0.2) is 31.0 Å². The first-order chi connectivity index (χ1) is 13.5. The summed E-state index contributed by atoms with van der Waals surface area (Å²) in [6.07, 6.45) is 0. The normalized spacial score (nSPS) is 10.2. The van der Waals surface area contributed by atoms with Crippen molar-refractivity contribution in [3.05, 3.63) is 64.7 Å². The highest BCUT2D eigenvalue weighted by Gasteiger charge is 2.17. The zero-order valence-corrected chi connectivity index (χ0v) is 16.4. The van der Waals surface area contributed by atoms with E-state index in [0.29, 0.717) is 38.5 Å². The van der Waals surface area contributed by atoms with E-state index in [4.69, 9.17) is 9.47 Å². The maximum Gasteiger partial charge on any atom is 0.267 e. The molecule has 144 valence electrons. The number of rotatable bonds is 6. The minimum absolute atomic E-state index is 0.298. The van der Waals surface area contributed by atoms with E-state index in [1.165, 1.54) is 0 Å². The quantitative estimate of drug-likeness (QED) is 0.657. The highest BCUT2D eigenvalue weighted by molar-refractivity contribution is 7.17. The fraction of sp³-hybridized carbons (Fsp3) is 0.150. The summed E-state index contributed by atoms with van der Waals surface area (Å²) in [6.45, 7) is 1.72. The van der Waals surface area contributed by atoms with Crippen molar-refractivity contribution in [2.24, 2.45) is 0 Å². The van der Waals surface area contributed by atoms with Crippen molar-refractivity contribution >= 4 is 34.0 Å². The molecule has 0 unspecified atom stereocenters. The summed E-state index contributed by atoms with van der Waals surface area (Å²) in [4.78, 5) is 29.6. The predicted molar refractivity (Wildman–Crippen MR) is 109 cm³/mol. The Morgan fingerprint density at radius 3 is 2.32 bits per heavy atom. The number of carbonyl (C=O) groups is 2. The second-order valence-electron chi connectivity index (χ2n) is 5.80. The number of nitrogens with zero attached hydrogens (tertiary/aromatic N) is 1. The van der Waals surface area contributed by atoms with Gasteiger partial charge in [-0.1, -0.05) is 17.4 Å². The lowest BCUT2D eigenvalue weighted by atomic mass is 10.2. The maximum absolute atomic E-state index is 12.6. The smallest absolute Gasteiger partial charge is 0.267 e. The van der Waals surface area contributed by atoms with Crippen LogP contribution in [0.5, 0.6) is 11.5 Å². The number of ether oxygens (including phenoxy) is 2. The van der Waals surface area contributed by atoms with Crippen molar-refractivity contribution in [1.29, 1.82) is 0 Å². The summed E-state index contributed by atoms with van der Waals surface area (Å²) in [5.74, 6) is 0.703. The fourth-order valence-corrected chi connectivity index (χ4v) is 3.32. The number of thiazole rings is 1. The minimum atomic E-state index is -0.309. The van der Waals surface area contributed by atoms with Gasteiger partial charge in [-0.2, -0.15) is 0 Å². The van der Waals surface area contributed by atoms with Crippen LogP contribution in [0.4, 0.5) is 10.8 Å². The molecule has 0 fully saturated rings. The fourth-order valence-electron chi connectivity index (χ4n) is 2.46. The molecule has 7 nitrogen and oxygen atoms in total. The highest BCUT2D eigenvalue weighted by Crippen LogP contribution is 2.25. The third-order valence-electron chi connectivity index (χ3n) is 3.90. The van der Waals surface area contributed by atoms with Crippen molar-refractivity contribution < 1.29 is 19.1 Å². The molecule has 0 spiro atoms. The van der Waals surface area contributed by atoms with Crippen LogP contribution in [0.1, 0.15) is 25.7 Å². The lowest BCUT2D eigenvalue weighted by molar-refractivity contribution is 0.102. The third-order valence-corrected chi connectivity index (χ3v) is 4.97. The zero-order chi connectivity index (χ0) is 20.1. The van der Waals surface area contributed by atoms with Gasteiger partial charge in [0.1, 0.15) is 16.4 Å². The molecule has 0 atom stereocenters. The third kappa shape index (κ3) is 4.47. The number of aryl methyl sites for hydroxylation is 1. The number of amides is 2. The van der Waals surface area contributed by atoms with Crippen LogP contribution in [0, 0.1) is 6.92 Å². The van der Waals surface area contributed by atoms with Crippen LogP contribution < -0.4 is 20.1 Å². The average molecular weight is 397 g/mol. The van der Waals surface area contributed by atoms with Gasteiger partial charge in [-0.15, -0.1) is 0 Å². The lowest BCUT2D eigenvalue weighted by Gasteiger charge is -2.06. The molecule has 3 aromatic rings. The molecular formula is C20H19N3O4S. The van der Waals surface area contributed by atoms with E-state index < -0.39 is 0 Å². The van der Waals surface area contributed by atoms with Gasteiger partial charge in [0.05, 0.1) is 19.9 Å². The molecule has 28 heavy (non-hydrogen) atoms. The van der Waals surface area contributed by atoms with E-state index in [-0.39, 0.29) is 11.8 Å². The molecule has 0 radical (unpaired) electrons. The van der Waals surface area contributed by atoms with Crippen LogP contribution in [0.25, 0.3) is 0 Å². The van der Waals surface area contributed by atoms with Gasteiger partial charge in [-0.3, -0.25) is 14.9 Å². The van der Waals surface area contributed by atoms with Gasteiger partial charge in [0, 0.05) is 17.3 Å². The number of methoxy groups -OCH3 is 2. The average Bonchev–Trinajstić information content (AvgIpc) is 3.08. The predicted octanol–water partition coefficient (Wildman–Crippen LogP) is 3.97. The minimum Gasteiger partial charge on any atom is -0.497 e. The number of carbonyl (C=O) groups excluding carboxylic acids is 2. The van der Waals surface area contributed by atoms with Gasteiger partial charge in [0.2, 0.25) is 0 Å². The first kappa shape index (κ1) is 19.4. The molecule has 2 N–H and O–H groups in total. The van der Waals surface area contributed by atoms with Crippen molar-refractivity contribution in [2.75, 3.05) is 24.9 Å². The van der Waals surface area contributed by atoms with Gasteiger partial charge < -0.3 is 14.8 Å². The Hall–Kier alpha value is -3.39. The van der Waals surface area contributed by atoms with Crippen LogP contribution in [0.2, 0.25) is 0 Å². The Morgan fingerprint density at radius 1 is 0.929 bits per heavy atom. The molecule has 8 heteroatoms. The molecule has 0 saturated heterocycles. The second-order valence-corrected chi connectivity index (χ2v) is 6.80. The molecule has 1 aromatic heterocycles. The van der Waals surface area contributed by atoms with E-state index in [9.17, 15) is 9.59 Å². The van der Waals surface area contributed by atoms with Gasteiger partial charge in [-0.05, 0) is 43.3 Å². The molecule has 2 aromatic carbocycles. The molecule has 0 bridgehead atoms. The number of nitrogens with one attached hydrogen (secondary N) is 2. The number of anilines is 2. The maximum atomic E-state index is 12.6. The van der Waals surface area contributed by atoms with Crippen molar-refractivity contribution in [2.45, 2.75) is 6.92 Å². The highest BCUT2D eigenvalue weighted by atomic mass is 32.1. The molecule has 2 amide bonds. The van der Waals surface area contributed by atoms with E-state index in [0.717, 1.165) is 11.3 Å². The summed E-state index contributed by atoms with van der Waals surface area (Å²) < 4.78 is 10.2. The van der Waals surface area contributed by atoms with Crippen molar-refractivity contribution in [3.8, 4) is 11.5 Å². The first-order valence-corrected chi connectivity index (χ1v) is 9.20. The number of aromatic nitrogens is 1. The second kappa shape index (κ2) is 8.53. The summed E-state index contributed by atoms with van der Waals surface area (Å²) in [5, 5.41) is 5.89. The van der Waals surface area contributed by atoms with Crippen molar-refractivity contribution in [1.82, 2.24) is 4.98 Å². The summed E-state index contributed by atoms with van der Waals surface area (Å²) in [6, 6.07) is 13.8. The Labute approximate surface area is 166 Å². The van der Waals surface area contributed by atoms with Crippen LogP contribution in [-0.2, 0) is 0 Å². The van der Waals surface area contributed by atoms with E-state index in [1.54, 1.807) is 69.7 Å². The molecule has 0 saturated carbocycles. The number of hydrogen-bond donors (Lipinski definition) is 2. The van der Waals surface area contributed by atoms with Crippen molar-refractivity contribution in [3.63, 3.8) is 0 Å². The van der Waals surface area contributed by atoms with Crippen LogP contribution in [0.3, 0.4) is 0 Å². The monoisotopic (exact) mass is 397 g/mol. The largest absolute Gasteiger partial charge is 0.497 e. The number of benzene rings is 2. The Bertz CT molecular complexity index is 999. The van der Waals surface area contributed by atoms with Gasteiger partial charge >= 0.3 is 0 Å². The van der Waals surface area contributed by atoms with E-state index >= 15 is 0 Å². The molecule has 3 rings (SSSR count). The molecule has 0 aliphatic carbocycles. The van der Waals surface area contributed by atoms with Gasteiger partial charge in [0.15, 0.2) is 5.13 Å². The molecule has 0 aliphatic heterocycles. The van der Waals surface area contributed by atoms with Gasteiger partial charge in [0.25, 0.3) is 11.8 Å². The molecular weight excluding hydrogens is 378 g/mol. The van der Waals surface area contributed by atoms with Crippen LogP contribution >= 0.6 is 11.3 Å². The SMILES string of the molecule is COc1ccc(C(=O)Nc2nc(C)c(C(=O)Nc3cccc(OC)c3)s2)cc1. The Morgan fingerprint density at radius 2 is 1.64 bits per heavy atom. The zero-order valence-electron chi connectivity index (χ0n) is 15.6. The Balaban J connectivity index is 1.71. The first-order valence-electron chi connectivity index (χ1n) is 8.38. The number of hydrogen-bond acceptors (Lipinski definition) is 6. The molecule has 0 aliphatic rings. The summed E-state index contributed by atoms with van der Waals surface area (Å²) >= 11 is 1.12. The standard InChI is InChI=1S/C20H19N3O4S/c1-12-17(19(25)22-14-5-4-6-16(11-14)27-3)28-20(21-12)23-18(24)13-7-9-15(26-2)10-8-13/h4-11H,1-3H3,(H,22,25)(H,21,23,24). The van der Waals surface area contributed by atoms with Crippen LogP contribution in [0.15, 0.2) is 48.5 Å². The topological polar surface area (TPSA) is 89.5 Å².